The van der Waals surface area contributed by atoms with Crippen LogP contribution in [-0.2, 0) is 5.41 Å². The minimum absolute atomic E-state index is 0.152. The van der Waals surface area contributed by atoms with Crippen LogP contribution in [0.4, 0.5) is 17.1 Å². The molecule has 12 aromatic rings. The summed E-state index contributed by atoms with van der Waals surface area (Å²) in [7, 11) is 0. The van der Waals surface area contributed by atoms with Gasteiger partial charge < -0.3 is 4.90 Å². The smallest absolute Gasteiger partial charge is 0.0546 e. The number of fused-ring (bicyclic) bond motifs is 12. The number of rotatable bonds is 6. The van der Waals surface area contributed by atoms with Crippen LogP contribution in [0.25, 0.3) is 98.4 Å². The Kier molecular flexibility index (Phi) is 8.63. The molecule has 0 bridgehead atoms. The largest absolute Gasteiger partial charge is 0.310 e. The van der Waals surface area contributed by atoms with Crippen LogP contribution < -0.4 is 4.90 Å². The molecule has 0 amide bonds. The molecule has 0 saturated carbocycles. The molecular formula is C65H45N. The Morgan fingerprint density at radius 1 is 0.303 bits per heavy atom. The fraction of sp³-hybridized carbons (Fsp3) is 0.0462. The van der Waals surface area contributed by atoms with Crippen LogP contribution in [-0.4, -0.2) is 0 Å². The van der Waals surface area contributed by atoms with Gasteiger partial charge in [0.25, 0.3) is 0 Å². The fourth-order valence-corrected chi connectivity index (χ4v) is 11.4. The molecule has 1 aliphatic rings. The normalized spacial score (nSPS) is 12.8. The predicted molar refractivity (Wildman–Crippen MR) is 283 cm³/mol. The highest BCUT2D eigenvalue weighted by Gasteiger charge is 2.36. The fourth-order valence-electron chi connectivity index (χ4n) is 11.4. The summed E-state index contributed by atoms with van der Waals surface area (Å²) in [6.45, 7) is 4.75. The van der Waals surface area contributed by atoms with Crippen LogP contribution in [0, 0.1) is 0 Å². The summed E-state index contributed by atoms with van der Waals surface area (Å²) in [5, 5.41) is 12.4. The van der Waals surface area contributed by atoms with Crippen molar-refractivity contribution in [2.45, 2.75) is 19.3 Å². The molecule has 1 heteroatoms. The van der Waals surface area contributed by atoms with Gasteiger partial charge in [-0.05, 0) is 141 Å². The van der Waals surface area contributed by atoms with Crippen LogP contribution in [0.5, 0.6) is 0 Å². The molecular weight excluding hydrogens is 795 g/mol. The highest BCUT2D eigenvalue weighted by atomic mass is 15.1. The second-order valence-electron chi connectivity index (χ2n) is 18.4. The van der Waals surface area contributed by atoms with E-state index in [9.17, 15) is 0 Å². The van der Waals surface area contributed by atoms with E-state index in [0.29, 0.717) is 0 Å². The number of hydrogen-bond acceptors (Lipinski definition) is 1. The van der Waals surface area contributed by atoms with Gasteiger partial charge in [-0.2, -0.15) is 0 Å². The zero-order valence-corrected chi connectivity index (χ0v) is 37.0. The molecule has 0 fully saturated rings. The summed E-state index contributed by atoms with van der Waals surface area (Å²) >= 11 is 0. The average molecular weight is 840 g/mol. The maximum absolute atomic E-state index is 2.53. The van der Waals surface area contributed by atoms with Gasteiger partial charge in [0.05, 0.1) is 5.69 Å². The van der Waals surface area contributed by atoms with Crippen molar-refractivity contribution in [2.75, 3.05) is 4.90 Å². The van der Waals surface area contributed by atoms with Crippen molar-refractivity contribution in [1.82, 2.24) is 0 Å². The molecule has 0 saturated heterocycles. The molecule has 1 aliphatic carbocycles. The van der Waals surface area contributed by atoms with E-state index in [1.54, 1.807) is 0 Å². The van der Waals surface area contributed by atoms with Crippen LogP contribution in [0.3, 0.4) is 0 Å². The van der Waals surface area contributed by atoms with Crippen LogP contribution in [0.1, 0.15) is 25.0 Å². The van der Waals surface area contributed by atoms with E-state index in [1.165, 1.54) is 109 Å². The van der Waals surface area contributed by atoms with Crippen molar-refractivity contribution in [3.8, 4) is 44.5 Å². The predicted octanol–water partition coefficient (Wildman–Crippen LogP) is 18.2. The molecule has 310 valence electrons. The van der Waals surface area contributed by atoms with Crippen molar-refractivity contribution >= 4 is 70.9 Å². The molecule has 66 heavy (non-hydrogen) atoms. The Bertz CT molecular complexity index is 3880. The summed E-state index contributed by atoms with van der Waals surface area (Å²) < 4.78 is 0. The van der Waals surface area contributed by atoms with Crippen LogP contribution >= 0.6 is 0 Å². The van der Waals surface area contributed by atoms with Gasteiger partial charge in [0, 0.05) is 22.2 Å². The highest BCUT2D eigenvalue weighted by Crippen LogP contribution is 2.53. The van der Waals surface area contributed by atoms with Gasteiger partial charge in [-0.15, -0.1) is 0 Å². The molecule has 0 N–H and O–H groups in total. The van der Waals surface area contributed by atoms with Crippen molar-refractivity contribution in [3.63, 3.8) is 0 Å². The van der Waals surface area contributed by atoms with Crippen molar-refractivity contribution < 1.29 is 0 Å². The lowest BCUT2D eigenvalue weighted by molar-refractivity contribution is 0.660. The molecule has 1 nitrogen and oxygen atoms in total. The zero-order chi connectivity index (χ0) is 43.9. The lowest BCUT2D eigenvalue weighted by Crippen LogP contribution is -2.16. The standard InChI is InChI=1S/C65H45N/c1-65(2)59-33-19-18-30-51(59)52-36-34-47(40-60(52)65)66(61-38-45-26-12-13-27-48(45)49-28-14-16-31-53(49)61)46-35-37-55-58(39-46)50-29-15-17-32-54(50)64-62(44-24-10-5-11-25-44)56(42-20-6-3-7-21-42)41-57(63(55)64)43-22-8-4-9-23-43/h3-41H,1-2H3. The maximum atomic E-state index is 2.53. The van der Waals surface area contributed by atoms with Gasteiger partial charge in [-0.25, -0.2) is 0 Å². The van der Waals surface area contributed by atoms with Gasteiger partial charge in [0.1, 0.15) is 0 Å². The van der Waals surface area contributed by atoms with Crippen molar-refractivity contribution in [1.29, 1.82) is 0 Å². The first-order chi connectivity index (χ1) is 32.5. The second kappa shape index (κ2) is 14.9. The van der Waals surface area contributed by atoms with E-state index < -0.39 is 0 Å². The first kappa shape index (κ1) is 38.2. The van der Waals surface area contributed by atoms with Gasteiger partial charge in [-0.3, -0.25) is 0 Å². The molecule has 13 rings (SSSR count). The zero-order valence-electron chi connectivity index (χ0n) is 37.0. The van der Waals surface area contributed by atoms with Crippen LogP contribution in [0.15, 0.2) is 237 Å². The minimum atomic E-state index is -0.152. The van der Waals surface area contributed by atoms with E-state index in [-0.39, 0.29) is 5.41 Å². The molecule has 0 aliphatic heterocycles. The third-order valence-corrected chi connectivity index (χ3v) is 14.4. The van der Waals surface area contributed by atoms with E-state index in [0.717, 1.165) is 17.1 Å². The summed E-state index contributed by atoms with van der Waals surface area (Å²) in [5.74, 6) is 0. The topological polar surface area (TPSA) is 3.24 Å². The molecule has 0 aromatic heterocycles. The SMILES string of the molecule is CC1(C)c2ccccc2-c2ccc(N(c3ccc4c(c3)c3ccccc3c3c(-c5ccccc5)c(-c5ccccc5)cc(-c5ccccc5)c43)c3cc4ccccc4c4ccccc34)cc21. The first-order valence-corrected chi connectivity index (χ1v) is 23.1. The van der Waals surface area contributed by atoms with Gasteiger partial charge in [0.2, 0.25) is 0 Å². The Hall–Kier alpha value is -8.26. The quantitative estimate of drug-likeness (QED) is 0.151. The number of nitrogens with zero attached hydrogens (tertiary/aromatic N) is 1. The molecule has 0 unspecified atom stereocenters. The maximum Gasteiger partial charge on any atom is 0.0546 e. The average Bonchev–Trinajstić information content (AvgIpc) is 3.61. The molecule has 12 aromatic carbocycles. The lowest BCUT2D eigenvalue weighted by Gasteiger charge is -2.30. The van der Waals surface area contributed by atoms with Crippen LogP contribution in [0.2, 0.25) is 0 Å². The molecule has 0 radical (unpaired) electrons. The van der Waals surface area contributed by atoms with Gasteiger partial charge in [0.15, 0.2) is 0 Å². The summed E-state index contributed by atoms with van der Waals surface area (Å²) in [5.41, 5.74) is 16.0. The second-order valence-corrected chi connectivity index (χ2v) is 18.4. The first-order valence-electron chi connectivity index (χ1n) is 23.1. The highest BCUT2D eigenvalue weighted by molar-refractivity contribution is 6.33. The monoisotopic (exact) mass is 839 g/mol. The Morgan fingerprint density at radius 3 is 1.55 bits per heavy atom. The van der Waals surface area contributed by atoms with Crippen molar-refractivity contribution in [2.24, 2.45) is 0 Å². The summed E-state index contributed by atoms with van der Waals surface area (Å²) in [6, 6.07) is 87.9. The van der Waals surface area contributed by atoms with Gasteiger partial charge >= 0.3 is 0 Å². The lowest BCUT2D eigenvalue weighted by atomic mass is 9.81. The molecule has 0 heterocycles. The number of hydrogen-bond donors (Lipinski definition) is 0. The van der Waals surface area contributed by atoms with Gasteiger partial charge in [-0.1, -0.05) is 214 Å². The minimum Gasteiger partial charge on any atom is -0.310 e. The Balaban J connectivity index is 1.15. The molecule has 0 spiro atoms. The summed E-state index contributed by atoms with van der Waals surface area (Å²) in [6.07, 6.45) is 0. The Labute approximate surface area is 385 Å². The molecule has 0 atom stereocenters. The number of benzene rings is 12. The van der Waals surface area contributed by atoms with Crippen molar-refractivity contribution in [3.05, 3.63) is 248 Å². The van der Waals surface area contributed by atoms with E-state index >= 15 is 0 Å². The third kappa shape index (κ3) is 5.80. The van der Waals surface area contributed by atoms with E-state index in [1.807, 2.05) is 0 Å². The van der Waals surface area contributed by atoms with E-state index in [2.05, 4.69) is 255 Å². The Morgan fingerprint density at radius 2 is 0.818 bits per heavy atom. The van der Waals surface area contributed by atoms with E-state index in [4.69, 9.17) is 0 Å². The summed E-state index contributed by atoms with van der Waals surface area (Å²) in [4.78, 5) is 2.53. The number of anilines is 3. The third-order valence-electron chi connectivity index (χ3n) is 14.4.